The molecule has 0 spiro atoms. The van der Waals surface area contributed by atoms with E-state index in [2.05, 4.69) is 9.88 Å². The minimum Gasteiger partial charge on any atom is -0.496 e. The number of rotatable bonds is 6. The second-order valence-corrected chi connectivity index (χ2v) is 6.96. The minimum atomic E-state index is -0.513. The molecule has 3 aromatic rings. The first-order valence-corrected chi connectivity index (χ1v) is 9.38. The van der Waals surface area contributed by atoms with Crippen molar-refractivity contribution in [3.63, 3.8) is 0 Å². The maximum Gasteiger partial charge on any atom is 0.255 e. The molecule has 1 atom stereocenters. The van der Waals surface area contributed by atoms with E-state index in [9.17, 15) is 9.59 Å². The van der Waals surface area contributed by atoms with Crippen molar-refractivity contribution in [3.8, 4) is 5.75 Å². The van der Waals surface area contributed by atoms with Crippen LogP contribution in [0.1, 0.15) is 22.8 Å². The fourth-order valence-corrected chi connectivity index (χ4v) is 3.75. The molecule has 1 aromatic heterocycles. The lowest BCUT2D eigenvalue weighted by Crippen LogP contribution is -2.45. The summed E-state index contributed by atoms with van der Waals surface area (Å²) in [4.78, 5) is 26.7. The highest BCUT2D eigenvalue weighted by molar-refractivity contribution is 6.01. The Morgan fingerprint density at radius 1 is 1.18 bits per heavy atom. The molecule has 2 heterocycles. The van der Waals surface area contributed by atoms with Gasteiger partial charge in [0.15, 0.2) is 0 Å². The molecular weight excluding hydrogens is 354 g/mol. The van der Waals surface area contributed by atoms with Crippen LogP contribution >= 0.6 is 0 Å². The third-order valence-electron chi connectivity index (χ3n) is 5.34. The number of hydrogen-bond donors (Lipinski definition) is 1. The third-order valence-corrected chi connectivity index (χ3v) is 5.34. The van der Waals surface area contributed by atoms with Crippen molar-refractivity contribution in [1.82, 2.24) is 14.8 Å². The largest absolute Gasteiger partial charge is 0.496 e. The SMILES string of the molecule is COc1cccc2c1ccn2CCNC(=O)C(C)N1Cc2ccccc2C1=O. The molecule has 2 amide bonds. The number of nitrogens with one attached hydrogen (secondary N) is 1. The fourth-order valence-electron chi connectivity index (χ4n) is 3.75. The van der Waals surface area contributed by atoms with Crippen LogP contribution < -0.4 is 10.1 Å². The highest BCUT2D eigenvalue weighted by Crippen LogP contribution is 2.26. The molecule has 0 radical (unpaired) electrons. The Bertz CT molecular complexity index is 1040. The molecular formula is C22H23N3O3. The van der Waals surface area contributed by atoms with Gasteiger partial charge in [0, 0.05) is 36.8 Å². The Labute approximate surface area is 163 Å². The van der Waals surface area contributed by atoms with Gasteiger partial charge in [-0.15, -0.1) is 0 Å². The molecule has 6 heteroatoms. The van der Waals surface area contributed by atoms with Crippen LogP contribution in [-0.2, 0) is 17.9 Å². The zero-order chi connectivity index (χ0) is 19.7. The lowest BCUT2D eigenvalue weighted by Gasteiger charge is -2.23. The van der Waals surface area contributed by atoms with Gasteiger partial charge in [-0.2, -0.15) is 0 Å². The molecule has 1 aliphatic heterocycles. The van der Waals surface area contributed by atoms with Gasteiger partial charge in [-0.1, -0.05) is 24.3 Å². The van der Waals surface area contributed by atoms with Crippen LogP contribution in [0.5, 0.6) is 5.75 Å². The Balaban J connectivity index is 1.37. The van der Waals surface area contributed by atoms with E-state index < -0.39 is 6.04 Å². The Hall–Kier alpha value is -3.28. The summed E-state index contributed by atoms with van der Waals surface area (Å²) in [6.07, 6.45) is 1.99. The summed E-state index contributed by atoms with van der Waals surface area (Å²) in [6.45, 7) is 3.38. The van der Waals surface area contributed by atoms with Gasteiger partial charge in [0.05, 0.1) is 12.6 Å². The lowest BCUT2D eigenvalue weighted by atomic mass is 10.1. The van der Waals surface area contributed by atoms with Gasteiger partial charge >= 0.3 is 0 Å². The van der Waals surface area contributed by atoms with Crippen molar-refractivity contribution < 1.29 is 14.3 Å². The van der Waals surface area contributed by atoms with E-state index in [4.69, 9.17) is 4.74 Å². The molecule has 144 valence electrons. The first-order valence-electron chi connectivity index (χ1n) is 9.38. The minimum absolute atomic E-state index is 0.0817. The molecule has 1 N–H and O–H groups in total. The van der Waals surface area contributed by atoms with E-state index >= 15 is 0 Å². The molecule has 0 saturated heterocycles. The summed E-state index contributed by atoms with van der Waals surface area (Å²) in [5.41, 5.74) is 2.72. The second kappa shape index (κ2) is 7.38. The number of hydrogen-bond acceptors (Lipinski definition) is 3. The summed E-state index contributed by atoms with van der Waals surface area (Å²) in [5, 5.41) is 4.00. The first-order chi connectivity index (χ1) is 13.6. The van der Waals surface area contributed by atoms with E-state index in [0.29, 0.717) is 25.2 Å². The Morgan fingerprint density at radius 2 is 2.00 bits per heavy atom. The van der Waals surface area contributed by atoms with Gasteiger partial charge in [0.1, 0.15) is 11.8 Å². The van der Waals surface area contributed by atoms with Gasteiger partial charge in [-0.3, -0.25) is 9.59 Å². The van der Waals surface area contributed by atoms with Crippen molar-refractivity contribution >= 4 is 22.7 Å². The number of benzene rings is 2. The molecule has 1 aliphatic rings. The van der Waals surface area contributed by atoms with Crippen LogP contribution in [0.25, 0.3) is 10.9 Å². The molecule has 0 fully saturated rings. The second-order valence-electron chi connectivity index (χ2n) is 6.96. The van der Waals surface area contributed by atoms with Gasteiger partial charge in [-0.05, 0) is 36.8 Å². The Morgan fingerprint density at radius 3 is 2.79 bits per heavy atom. The van der Waals surface area contributed by atoms with E-state index in [0.717, 1.165) is 22.2 Å². The number of amides is 2. The van der Waals surface area contributed by atoms with E-state index in [1.807, 2.05) is 54.7 Å². The quantitative estimate of drug-likeness (QED) is 0.718. The highest BCUT2D eigenvalue weighted by Gasteiger charge is 2.33. The first kappa shape index (κ1) is 18.1. The monoisotopic (exact) mass is 377 g/mol. The molecule has 6 nitrogen and oxygen atoms in total. The lowest BCUT2D eigenvalue weighted by molar-refractivity contribution is -0.125. The molecule has 0 aliphatic carbocycles. The molecule has 0 saturated carbocycles. The van der Waals surface area contributed by atoms with Gasteiger partial charge in [0.25, 0.3) is 5.91 Å². The summed E-state index contributed by atoms with van der Waals surface area (Å²) >= 11 is 0. The smallest absolute Gasteiger partial charge is 0.255 e. The average Bonchev–Trinajstić information content (AvgIpc) is 3.29. The fraction of sp³-hybridized carbons (Fsp3) is 0.273. The average molecular weight is 377 g/mol. The van der Waals surface area contributed by atoms with Crippen molar-refractivity contribution in [2.24, 2.45) is 0 Å². The van der Waals surface area contributed by atoms with Crippen LogP contribution in [0.15, 0.2) is 54.7 Å². The summed E-state index contributed by atoms with van der Waals surface area (Å²) in [6, 6.07) is 14.9. The topological polar surface area (TPSA) is 63.6 Å². The summed E-state index contributed by atoms with van der Waals surface area (Å²) in [7, 11) is 1.66. The number of carbonyl (C=O) groups is 2. The maximum absolute atomic E-state index is 12.6. The van der Waals surface area contributed by atoms with Gasteiger partial charge < -0.3 is 19.5 Å². The third kappa shape index (κ3) is 3.11. The van der Waals surface area contributed by atoms with Crippen LogP contribution in [0.3, 0.4) is 0 Å². The maximum atomic E-state index is 12.6. The van der Waals surface area contributed by atoms with Crippen LogP contribution in [0, 0.1) is 0 Å². The van der Waals surface area contributed by atoms with Crippen molar-refractivity contribution in [2.45, 2.75) is 26.1 Å². The van der Waals surface area contributed by atoms with E-state index in [-0.39, 0.29) is 11.8 Å². The normalized spacial score (nSPS) is 14.2. The number of ether oxygens (including phenoxy) is 1. The van der Waals surface area contributed by atoms with Gasteiger partial charge in [-0.25, -0.2) is 0 Å². The molecule has 28 heavy (non-hydrogen) atoms. The van der Waals surface area contributed by atoms with Crippen molar-refractivity contribution in [3.05, 3.63) is 65.9 Å². The standard InChI is InChI=1S/C22H23N3O3/c1-15(25-14-16-6-3-4-7-17(16)22(25)27)21(26)23-11-13-24-12-10-18-19(24)8-5-9-20(18)28-2/h3-10,12,15H,11,13-14H2,1-2H3,(H,23,26). The Kier molecular flexibility index (Phi) is 4.77. The number of carbonyl (C=O) groups excluding carboxylic acids is 2. The molecule has 4 rings (SSSR count). The number of fused-ring (bicyclic) bond motifs is 2. The predicted molar refractivity (Wildman–Crippen MR) is 107 cm³/mol. The van der Waals surface area contributed by atoms with Crippen LogP contribution in [0.4, 0.5) is 0 Å². The summed E-state index contributed by atoms with van der Waals surface area (Å²) < 4.78 is 7.47. The summed E-state index contributed by atoms with van der Waals surface area (Å²) in [5.74, 6) is 0.609. The molecule has 1 unspecified atom stereocenters. The number of methoxy groups -OCH3 is 1. The zero-order valence-electron chi connectivity index (χ0n) is 16.0. The van der Waals surface area contributed by atoms with Crippen molar-refractivity contribution in [1.29, 1.82) is 0 Å². The van der Waals surface area contributed by atoms with Crippen LogP contribution in [-0.4, -0.2) is 41.0 Å². The van der Waals surface area contributed by atoms with Crippen molar-refractivity contribution in [2.75, 3.05) is 13.7 Å². The number of aromatic nitrogens is 1. The molecule has 2 aromatic carbocycles. The predicted octanol–water partition coefficient (Wildman–Crippen LogP) is 2.81. The van der Waals surface area contributed by atoms with E-state index in [1.54, 1.807) is 18.9 Å². The number of nitrogens with zero attached hydrogens (tertiary/aromatic N) is 2. The molecule has 0 bridgehead atoms. The van der Waals surface area contributed by atoms with Crippen LogP contribution in [0.2, 0.25) is 0 Å². The van der Waals surface area contributed by atoms with E-state index in [1.165, 1.54) is 0 Å². The zero-order valence-corrected chi connectivity index (χ0v) is 16.0. The van der Waals surface area contributed by atoms with Gasteiger partial charge in [0.2, 0.25) is 5.91 Å². The highest BCUT2D eigenvalue weighted by atomic mass is 16.5.